The van der Waals surface area contributed by atoms with Crippen molar-refractivity contribution in [3.63, 3.8) is 0 Å². The second-order valence-corrected chi connectivity index (χ2v) is 5.90. The molecule has 0 aromatic carbocycles. The molecular formula is C14H28N2O2. The zero-order valence-electron chi connectivity index (χ0n) is 11.9. The average Bonchev–Trinajstić information content (AvgIpc) is 2.80. The minimum Gasteiger partial charge on any atom is -0.396 e. The first-order valence-electron chi connectivity index (χ1n) is 7.16. The van der Waals surface area contributed by atoms with Crippen molar-refractivity contribution in [2.24, 2.45) is 17.8 Å². The van der Waals surface area contributed by atoms with E-state index >= 15 is 0 Å². The van der Waals surface area contributed by atoms with Crippen molar-refractivity contribution in [1.29, 1.82) is 0 Å². The third-order valence-corrected chi connectivity index (χ3v) is 3.82. The number of aliphatic hydroxyl groups is 1. The predicted octanol–water partition coefficient (Wildman–Crippen LogP) is 1.15. The van der Waals surface area contributed by atoms with Crippen LogP contribution < -0.4 is 10.6 Å². The number of hydrogen-bond acceptors (Lipinski definition) is 3. The highest BCUT2D eigenvalue weighted by molar-refractivity contribution is 5.81. The maximum atomic E-state index is 11.8. The Balaban J connectivity index is 2.23. The summed E-state index contributed by atoms with van der Waals surface area (Å²) in [6.07, 6.45) is 3.49. The summed E-state index contributed by atoms with van der Waals surface area (Å²) in [6, 6.07) is -0.149. The van der Waals surface area contributed by atoms with E-state index in [0.29, 0.717) is 17.8 Å². The largest absolute Gasteiger partial charge is 0.396 e. The van der Waals surface area contributed by atoms with Crippen molar-refractivity contribution < 1.29 is 9.90 Å². The fraction of sp³-hybridized carbons (Fsp3) is 0.929. The van der Waals surface area contributed by atoms with Gasteiger partial charge in [0.05, 0.1) is 6.04 Å². The number of rotatable bonds is 7. The number of aliphatic hydroxyl groups excluding tert-OH is 1. The van der Waals surface area contributed by atoms with Crippen LogP contribution in [-0.4, -0.2) is 36.8 Å². The minimum atomic E-state index is -0.149. The molecule has 4 nitrogen and oxygen atoms in total. The molecule has 3 N–H and O–H groups in total. The second-order valence-electron chi connectivity index (χ2n) is 5.90. The van der Waals surface area contributed by atoms with Gasteiger partial charge in [-0.15, -0.1) is 0 Å². The van der Waals surface area contributed by atoms with Gasteiger partial charge in [-0.05, 0) is 44.1 Å². The fourth-order valence-corrected chi connectivity index (χ4v) is 2.50. The fourth-order valence-electron chi connectivity index (χ4n) is 2.50. The zero-order chi connectivity index (χ0) is 13.5. The van der Waals surface area contributed by atoms with Gasteiger partial charge in [-0.3, -0.25) is 4.79 Å². The van der Waals surface area contributed by atoms with Gasteiger partial charge in [-0.25, -0.2) is 0 Å². The molecule has 1 aliphatic carbocycles. The molecule has 0 aromatic rings. The Kier molecular flexibility index (Phi) is 6.65. The average molecular weight is 256 g/mol. The quantitative estimate of drug-likeness (QED) is 0.640. The standard InChI is InChI=1S/C14H28N2O2/c1-10(2)7-16-14(18)11(3)15-8-12-5-4-6-13(12)9-17/h10-13,15,17H,4-9H2,1-3H3,(H,16,18). The van der Waals surface area contributed by atoms with E-state index in [4.69, 9.17) is 0 Å². The summed E-state index contributed by atoms with van der Waals surface area (Å²) in [7, 11) is 0. The van der Waals surface area contributed by atoms with Gasteiger partial charge >= 0.3 is 0 Å². The molecule has 1 amide bonds. The van der Waals surface area contributed by atoms with Crippen molar-refractivity contribution in [2.75, 3.05) is 19.7 Å². The highest BCUT2D eigenvalue weighted by Gasteiger charge is 2.27. The van der Waals surface area contributed by atoms with Crippen molar-refractivity contribution in [3.05, 3.63) is 0 Å². The Morgan fingerprint density at radius 1 is 1.28 bits per heavy atom. The first-order chi connectivity index (χ1) is 8.54. The lowest BCUT2D eigenvalue weighted by Crippen LogP contribution is -2.45. The van der Waals surface area contributed by atoms with Crippen molar-refractivity contribution in [2.45, 2.75) is 46.1 Å². The first kappa shape index (κ1) is 15.4. The van der Waals surface area contributed by atoms with E-state index in [1.165, 1.54) is 12.8 Å². The third-order valence-electron chi connectivity index (χ3n) is 3.82. The first-order valence-corrected chi connectivity index (χ1v) is 7.16. The molecule has 0 aliphatic heterocycles. The third kappa shape index (κ3) is 4.94. The lowest BCUT2D eigenvalue weighted by molar-refractivity contribution is -0.122. The van der Waals surface area contributed by atoms with Gasteiger partial charge in [0.1, 0.15) is 0 Å². The lowest BCUT2D eigenvalue weighted by Gasteiger charge is -2.21. The summed E-state index contributed by atoms with van der Waals surface area (Å²) in [5.74, 6) is 1.50. The van der Waals surface area contributed by atoms with Crippen molar-refractivity contribution in [3.8, 4) is 0 Å². The summed E-state index contributed by atoms with van der Waals surface area (Å²) in [5.41, 5.74) is 0. The van der Waals surface area contributed by atoms with Crippen LogP contribution in [0.25, 0.3) is 0 Å². The maximum Gasteiger partial charge on any atom is 0.236 e. The molecule has 4 heteroatoms. The van der Waals surface area contributed by atoms with E-state index in [1.54, 1.807) is 0 Å². The maximum absolute atomic E-state index is 11.8. The molecule has 0 aromatic heterocycles. The van der Waals surface area contributed by atoms with E-state index in [0.717, 1.165) is 19.5 Å². The molecular weight excluding hydrogens is 228 g/mol. The highest BCUT2D eigenvalue weighted by Crippen LogP contribution is 2.30. The summed E-state index contributed by atoms with van der Waals surface area (Å²) in [4.78, 5) is 11.8. The van der Waals surface area contributed by atoms with Crippen LogP contribution in [0.3, 0.4) is 0 Å². The van der Waals surface area contributed by atoms with Gasteiger partial charge in [0.2, 0.25) is 5.91 Å². The van der Waals surface area contributed by atoms with Crippen LogP contribution in [0.1, 0.15) is 40.0 Å². The molecule has 1 rings (SSSR count). The molecule has 3 atom stereocenters. The van der Waals surface area contributed by atoms with Gasteiger partial charge in [-0.2, -0.15) is 0 Å². The van der Waals surface area contributed by atoms with E-state index in [2.05, 4.69) is 24.5 Å². The van der Waals surface area contributed by atoms with Gasteiger partial charge in [0, 0.05) is 13.2 Å². The molecule has 1 saturated carbocycles. The van der Waals surface area contributed by atoms with E-state index in [1.807, 2.05) is 6.92 Å². The molecule has 0 bridgehead atoms. The van der Waals surface area contributed by atoms with Gasteiger partial charge < -0.3 is 15.7 Å². The molecule has 0 spiro atoms. The molecule has 0 heterocycles. The normalized spacial score (nSPS) is 25.4. The molecule has 0 saturated heterocycles. The molecule has 18 heavy (non-hydrogen) atoms. The van der Waals surface area contributed by atoms with Crippen LogP contribution in [0.4, 0.5) is 0 Å². The number of amides is 1. The number of carbonyl (C=O) groups excluding carboxylic acids is 1. The Morgan fingerprint density at radius 3 is 2.56 bits per heavy atom. The monoisotopic (exact) mass is 256 g/mol. The van der Waals surface area contributed by atoms with E-state index in [-0.39, 0.29) is 18.6 Å². The number of nitrogens with one attached hydrogen (secondary N) is 2. The zero-order valence-corrected chi connectivity index (χ0v) is 11.9. The second kappa shape index (κ2) is 7.74. The number of hydrogen-bond donors (Lipinski definition) is 3. The highest BCUT2D eigenvalue weighted by atomic mass is 16.3. The van der Waals surface area contributed by atoms with Gasteiger partial charge in [0.15, 0.2) is 0 Å². The van der Waals surface area contributed by atoms with Crippen molar-refractivity contribution >= 4 is 5.91 Å². The minimum absolute atomic E-state index is 0.0715. The summed E-state index contributed by atoms with van der Waals surface area (Å²) in [6.45, 7) is 7.92. The van der Waals surface area contributed by atoms with Crippen LogP contribution in [0.15, 0.2) is 0 Å². The molecule has 1 aliphatic rings. The van der Waals surface area contributed by atoms with Crippen LogP contribution >= 0.6 is 0 Å². The molecule has 3 unspecified atom stereocenters. The van der Waals surface area contributed by atoms with Crippen LogP contribution in [-0.2, 0) is 4.79 Å². The van der Waals surface area contributed by atoms with E-state index < -0.39 is 0 Å². The molecule has 1 fully saturated rings. The van der Waals surface area contributed by atoms with Crippen LogP contribution in [0.5, 0.6) is 0 Å². The Hall–Kier alpha value is -0.610. The summed E-state index contributed by atoms with van der Waals surface area (Å²) in [5, 5.41) is 15.5. The predicted molar refractivity (Wildman–Crippen MR) is 73.2 cm³/mol. The smallest absolute Gasteiger partial charge is 0.236 e. The SMILES string of the molecule is CC(C)CNC(=O)C(C)NCC1CCCC1CO. The van der Waals surface area contributed by atoms with Crippen molar-refractivity contribution in [1.82, 2.24) is 10.6 Å². The molecule has 0 radical (unpaired) electrons. The van der Waals surface area contributed by atoms with Gasteiger partial charge in [0.25, 0.3) is 0 Å². The van der Waals surface area contributed by atoms with E-state index in [9.17, 15) is 9.90 Å². The Morgan fingerprint density at radius 2 is 1.94 bits per heavy atom. The van der Waals surface area contributed by atoms with Crippen LogP contribution in [0.2, 0.25) is 0 Å². The van der Waals surface area contributed by atoms with Gasteiger partial charge in [-0.1, -0.05) is 20.3 Å². The summed E-state index contributed by atoms with van der Waals surface area (Å²) < 4.78 is 0. The Labute approximate surface area is 111 Å². The summed E-state index contributed by atoms with van der Waals surface area (Å²) >= 11 is 0. The lowest BCUT2D eigenvalue weighted by atomic mass is 9.97. The number of carbonyl (C=O) groups is 1. The topological polar surface area (TPSA) is 61.4 Å². The molecule has 106 valence electrons. The van der Waals surface area contributed by atoms with Crippen LogP contribution in [0, 0.1) is 17.8 Å². The Bertz CT molecular complexity index is 256.